The highest BCUT2D eigenvalue weighted by Gasteiger charge is 2.08. The van der Waals surface area contributed by atoms with Crippen LogP contribution in [0.4, 0.5) is 0 Å². The predicted octanol–water partition coefficient (Wildman–Crippen LogP) is 4.68. The molecule has 3 aromatic carbocycles. The fourth-order valence-electron chi connectivity index (χ4n) is 3.28. The predicted molar refractivity (Wildman–Crippen MR) is 110 cm³/mol. The molecule has 0 saturated heterocycles. The molecule has 0 bridgehead atoms. The Morgan fingerprint density at radius 2 is 1.65 bits per heavy atom. The molecule has 136 valence electrons. The molecule has 0 aliphatic rings. The maximum atomic E-state index is 5.68. The molecule has 1 atom stereocenters. The highest BCUT2D eigenvalue weighted by atomic mass is 16.5. The number of hydrogen-bond acceptors (Lipinski definition) is 3. The van der Waals surface area contributed by atoms with E-state index in [-0.39, 0.29) is 0 Å². The molecule has 3 rings (SSSR count). The zero-order valence-electron chi connectivity index (χ0n) is 15.7. The van der Waals surface area contributed by atoms with Gasteiger partial charge < -0.3 is 15.4 Å². The Balaban J connectivity index is 1.49. The molecule has 0 fully saturated rings. The first kappa shape index (κ1) is 18.4. The minimum absolute atomic E-state index is 0.318. The molecule has 0 aliphatic heterocycles. The van der Waals surface area contributed by atoms with Crippen molar-refractivity contribution in [1.82, 2.24) is 10.6 Å². The number of rotatable bonds is 9. The SMILES string of the molecule is CCOc1ccccc1CNCCN[C@H](C)c1cccc2ccccc12. The summed E-state index contributed by atoms with van der Waals surface area (Å²) in [5.74, 6) is 0.972. The topological polar surface area (TPSA) is 33.3 Å². The Kier molecular flexibility index (Phi) is 6.64. The lowest BCUT2D eigenvalue weighted by atomic mass is 10.00. The van der Waals surface area contributed by atoms with E-state index in [1.807, 2.05) is 19.1 Å². The number of hydrogen-bond donors (Lipinski definition) is 2. The molecule has 0 amide bonds. The van der Waals surface area contributed by atoms with Gasteiger partial charge in [-0.3, -0.25) is 0 Å². The lowest BCUT2D eigenvalue weighted by molar-refractivity contribution is 0.335. The van der Waals surface area contributed by atoms with Gasteiger partial charge in [0.2, 0.25) is 0 Å². The van der Waals surface area contributed by atoms with Crippen LogP contribution in [0.15, 0.2) is 66.7 Å². The molecule has 26 heavy (non-hydrogen) atoms. The van der Waals surface area contributed by atoms with Gasteiger partial charge in [-0.1, -0.05) is 60.7 Å². The van der Waals surface area contributed by atoms with Gasteiger partial charge in [0.1, 0.15) is 5.75 Å². The number of fused-ring (bicyclic) bond motifs is 1. The summed E-state index contributed by atoms with van der Waals surface area (Å²) in [4.78, 5) is 0. The van der Waals surface area contributed by atoms with E-state index >= 15 is 0 Å². The van der Waals surface area contributed by atoms with Crippen molar-refractivity contribution in [1.29, 1.82) is 0 Å². The van der Waals surface area contributed by atoms with E-state index in [4.69, 9.17) is 4.74 Å². The van der Waals surface area contributed by atoms with E-state index in [1.165, 1.54) is 21.9 Å². The molecule has 3 nitrogen and oxygen atoms in total. The molecule has 0 heterocycles. The van der Waals surface area contributed by atoms with Crippen molar-refractivity contribution in [3.05, 3.63) is 77.9 Å². The van der Waals surface area contributed by atoms with Crippen molar-refractivity contribution < 1.29 is 4.74 Å². The van der Waals surface area contributed by atoms with E-state index in [1.54, 1.807) is 0 Å². The smallest absolute Gasteiger partial charge is 0.123 e. The van der Waals surface area contributed by atoms with Crippen LogP contribution in [0.5, 0.6) is 5.75 Å². The van der Waals surface area contributed by atoms with Crippen LogP contribution in [0.2, 0.25) is 0 Å². The standard InChI is InChI=1S/C23H28N2O/c1-3-26-23-14-7-5-10-20(23)17-24-15-16-25-18(2)21-13-8-11-19-9-4-6-12-22(19)21/h4-14,18,24-25H,3,15-17H2,1-2H3/t18-/m1/s1. The average molecular weight is 348 g/mol. The second-order valence-electron chi connectivity index (χ2n) is 6.46. The highest BCUT2D eigenvalue weighted by Crippen LogP contribution is 2.23. The molecule has 0 aliphatic carbocycles. The van der Waals surface area contributed by atoms with Gasteiger partial charge in [-0.05, 0) is 36.2 Å². The third kappa shape index (κ3) is 4.63. The van der Waals surface area contributed by atoms with Crippen LogP contribution in [0, 0.1) is 0 Å². The van der Waals surface area contributed by atoms with E-state index < -0.39 is 0 Å². The summed E-state index contributed by atoms with van der Waals surface area (Å²) in [5.41, 5.74) is 2.56. The molecule has 0 radical (unpaired) electrons. The van der Waals surface area contributed by atoms with Crippen molar-refractivity contribution in [2.75, 3.05) is 19.7 Å². The Labute approximate surface area is 156 Å². The van der Waals surface area contributed by atoms with Gasteiger partial charge in [-0.25, -0.2) is 0 Å². The van der Waals surface area contributed by atoms with Crippen molar-refractivity contribution in [3.8, 4) is 5.75 Å². The van der Waals surface area contributed by atoms with Gasteiger partial charge in [0.25, 0.3) is 0 Å². The highest BCUT2D eigenvalue weighted by molar-refractivity contribution is 5.86. The normalized spacial score (nSPS) is 12.2. The largest absolute Gasteiger partial charge is 0.494 e. The van der Waals surface area contributed by atoms with Crippen LogP contribution in [-0.4, -0.2) is 19.7 Å². The minimum Gasteiger partial charge on any atom is -0.494 e. The molecule has 3 aromatic rings. The molecule has 0 saturated carbocycles. The first-order valence-electron chi connectivity index (χ1n) is 9.42. The quantitative estimate of drug-likeness (QED) is 0.551. The fourth-order valence-corrected chi connectivity index (χ4v) is 3.28. The van der Waals surface area contributed by atoms with E-state index in [0.717, 1.165) is 25.4 Å². The van der Waals surface area contributed by atoms with Crippen LogP contribution in [0.1, 0.15) is 31.0 Å². The zero-order valence-corrected chi connectivity index (χ0v) is 15.7. The average Bonchev–Trinajstić information content (AvgIpc) is 2.68. The van der Waals surface area contributed by atoms with Crippen LogP contribution >= 0.6 is 0 Å². The summed E-state index contributed by atoms with van der Waals surface area (Å²) in [6, 6.07) is 23.6. The lowest BCUT2D eigenvalue weighted by Gasteiger charge is -2.17. The van der Waals surface area contributed by atoms with Gasteiger partial charge in [0.15, 0.2) is 0 Å². The molecule has 0 unspecified atom stereocenters. The lowest BCUT2D eigenvalue weighted by Crippen LogP contribution is -2.29. The van der Waals surface area contributed by atoms with E-state index in [0.29, 0.717) is 12.6 Å². The second-order valence-corrected chi connectivity index (χ2v) is 6.46. The third-order valence-electron chi connectivity index (χ3n) is 4.63. The van der Waals surface area contributed by atoms with Gasteiger partial charge in [0.05, 0.1) is 6.61 Å². The van der Waals surface area contributed by atoms with Gasteiger partial charge in [0, 0.05) is 31.2 Å². The maximum Gasteiger partial charge on any atom is 0.123 e. The number of ether oxygens (including phenoxy) is 1. The zero-order chi connectivity index (χ0) is 18.2. The Hall–Kier alpha value is -2.36. The number of para-hydroxylation sites is 1. The van der Waals surface area contributed by atoms with Crippen molar-refractivity contribution in [2.24, 2.45) is 0 Å². The first-order valence-corrected chi connectivity index (χ1v) is 9.42. The third-order valence-corrected chi connectivity index (χ3v) is 4.63. The van der Waals surface area contributed by atoms with Gasteiger partial charge in [-0.2, -0.15) is 0 Å². The number of nitrogens with one attached hydrogen (secondary N) is 2. The molecular weight excluding hydrogens is 320 g/mol. The molecule has 0 aromatic heterocycles. The van der Waals surface area contributed by atoms with Crippen LogP contribution in [0.3, 0.4) is 0 Å². The van der Waals surface area contributed by atoms with Crippen molar-refractivity contribution >= 4 is 10.8 Å². The van der Waals surface area contributed by atoms with Crippen LogP contribution < -0.4 is 15.4 Å². The summed E-state index contributed by atoms with van der Waals surface area (Å²) in [6.45, 7) is 7.59. The minimum atomic E-state index is 0.318. The Bertz CT molecular complexity index is 826. The number of benzene rings is 3. The van der Waals surface area contributed by atoms with E-state index in [9.17, 15) is 0 Å². The van der Waals surface area contributed by atoms with Crippen molar-refractivity contribution in [3.63, 3.8) is 0 Å². The molecular formula is C23H28N2O. The molecule has 2 N–H and O–H groups in total. The summed E-state index contributed by atoms with van der Waals surface area (Å²) < 4.78 is 5.68. The summed E-state index contributed by atoms with van der Waals surface area (Å²) in [7, 11) is 0. The van der Waals surface area contributed by atoms with E-state index in [2.05, 4.69) is 72.2 Å². The molecule has 3 heteroatoms. The van der Waals surface area contributed by atoms with Crippen molar-refractivity contribution in [2.45, 2.75) is 26.4 Å². The summed E-state index contributed by atoms with van der Waals surface area (Å²) in [6.07, 6.45) is 0. The van der Waals surface area contributed by atoms with Crippen LogP contribution in [-0.2, 0) is 6.54 Å². The van der Waals surface area contributed by atoms with Gasteiger partial charge in [-0.15, -0.1) is 0 Å². The summed E-state index contributed by atoms with van der Waals surface area (Å²) in [5, 5.41) is 9.75. The van der Waals surface area contributed by atoms with Gasteiger partial charge >= 0.3 is 0 Å². The molecule has 0 spiro atoms. The monoisotopic (exact) mass is 348 g/mol. The first-order chi connectivity index (χ1) is 12.8. The second kappa shape index (κ2) is 9.37. The maximum absolute atomic E-state index is 5.68. The Morgan fingerprint density at radius 1 is 0.885 bits per heavy atom. The van der Waals surface area contributed by atoms with Crippen LogP contribution in [0.25, 0.3) is 10.8 Å². The summed E-state index contributed by atoms with van der Waals surface area (Å²) >= 11 is 0. The Morgan fingerprint density at radius 3 is 2.54 bits per heavy atom. The fraction of sp³-hybridized carbons (Fsp3) is 0.304.